The van der Waals surface area contributed by atoms with Crippen molar-refractivity contribution in [2.75, 3.05) is 13.7 Å². The fourth-order valence-corrected chi connectivity index (χ4v) is 3.85. The lowest BCUT2D eigenvalue weighted by Gasteiger charge is -2.20. The summed E-state index contributed by atoms with van der Waals surface area (Å²) in [7, 11) is 3.46. The van der Waals surface area contributed by atoms with Crippen LogP contribution in [0.1, 0.15) is 23.0 Å². The van der Waals surface area contributed by atoms with E-state index in [1.54, 1.807) is 13.3 Å². The first kappa shape index (κ1) is 22.1. The van der Waals surface area contributed by atoms with Crippen LogP contribution in [0.5, 0.6) is 5.75 Å². The van der Waals surface area contributed by atoms with Crippen molar-refractivity contribution in [2.45, 2.75) is 12.5 Å². The van der Waals surface area contributed by atoms with E-state index in [1.807, 2.05) is 84.5 Å². The second-order valence-electron chi connectivity index (χ2n) is 7.77. The fraction of sp³-hybridized carbons (Fsp3) is 0.192. The molecule has 2 amide bonds. The van der Waals surface area contributed by atoms with E-state index in [0.29, 0.717) is 11.6 Å². The number of aromatic nitrogens is 2. The van der Waals surface area contributed by atoms with Crippen molar-refractivity contribution in [3.8, 4) is 5.75 Å². The van der Waals surface area contributed by atoms with E-state index in [-0.39, 0.29) is 24.8 Å². The second kappa shape index (κ2) is 9.99. The van der Waals surface area contributed by atoms with Gasteiger partial charge in [-0.3, -0.25) is 9.59 Å². The van der Waals surface area contributed by atoms with E-state index in [0.717, 1.165) is 21.9 Å². The molecule has 1 atom stereocenters. The predicted octanol–water partition coefficient (Wildman–Crippen LogP) is 3.15. The van der Waals surface area contributed by atoms with Crippen LogP contribution in [0, 0.1) is 0 Å². The molecule has 0 radical (unpaired) electrons. The maximum Gasteiger partial charge on any atom is 0.240 e. The number of carbonyl (C=O) groups excluding carboxylic acids is 2. The molecule has 0 fully saturated rings. The minimum atomic E-state index is -0.484. The molecule has 168 valence electrons. The van der Waals surface area contributed by atoms with Gasteiger partial charge in [0.25, 0.3) is 0 Å². The zero-order valence-corrected chi connectivity index (χ0v) is 18.6. The molecule has 1 heterocycles. The number of ether oxygens (including phenoxy) is 1. The Bertz CT molecular complexity index is 1280. The quantitative estimate of drug-likeness (QED) is 0.439. The third-order valence-electron chi connectivity index (χ3n) is 5.53. The van der Waals surface area contributed by atoms with Gasteiger partial charge < -0.3 is 19.9 Å². The molecule has 0 saturated carbocycles. The molecule has 0 aliphatic heterocycles. The monoisotopic (exact) mass is 442 g/mol. The van der Waals surface area contributed by atoms with Crippen molar-refractivity contribution in [1.82, 2.24) is 20.2 Å². The zero-order valence-electron chi connectivity index (χ0n) is 18.6. The molecular formula is C26H26N4O3. The van der Waals surface area contributed by atoms with Crippen LogP contribution in [0.25, 0.3) is 10.8 Å². The number of amides is 2. The standard InChI is InChI=1S/C26H26N4O3/c1-30-14-13-27-26(30)25(20-10-6-11-21(15-20)33-2)29-24(32)17-28-23(31)16-19-9-5-8-18-7-3-4-12-22(18)19/h3-15,25H,16-17H2,1-2H3,(H,28,31)(H,29,32). The van der Waals surface area contributed by atoms with Gasteiger partial charge in [0.2, 0.25) is 11.8 Å². The number of hydrogen-bond donors (Lipinski definition) is 2. The number of hydrogen-bond acceptors (Lipinski definition) is 4. The Morgan fingerprint density at radius 2 is 1.82 bits per heavy atom. The topological polar surface area (TPSA) is 85.2 Å². The number of rotatable bonds is 8. The minimum absolute atomic E-state index is 0.130. The van der Waals surface area contributed by atoms with Gasteiger partial charge in [0.1, 0.15) is 17.6 Å². The van der Waals surface area contributed by atoms with Crippen molar-refractivity contribution in [2.24, 2.45) is 7.05 Å². The normalized spacial score (nSPS) is 11.7. The van der Waals surface area contributed by atoms with E-state index >= 15 is 0 Å². The molecule has 1 unspecified atom stereocenters. The van der Waals surface area contributed by atoms with E-state index in [9.17, 15) is 9.59 Å². The number of methoxy groups -OCH3 is 1. The van der Waals surface area contributed by atoms with Crippen molar-refractivity contribution in [3.05, 3.63) is 96.1 Å². The maximum atomic E-state index is 12.8. The summed E-state index contributed by atoms with van der Waals surface area (Å²) in [6, 6.07) is 20.8. The summed E-state index contributed by atoms with van der Waals surface area (Å²) >= 11 is 0. The number of imidazole rings is 1. The van der Waals surface area contributed by atoms with Crippen LogP contribution in [0.15, 0.2) is 79.1 Å². The summed E-state index contributed by atoms with van der Waals surface area (Å²) in [4.78, 5) is 29.7. The van der Waals surface area contributed by atoms with Gasteiger partial charge in [-0.05, 0) is 34.0 Å². The van der Waals surface area contributed by atoms with Gasteiger partial charge in [0.15, 0.2) is 0 Å². The van der Waals surface area contributed by atoms with Crippen LogP contribution in [0.3, 0.4) is 0 Å². The maximum absolute atomic E-state index is 12.8. The number of fused-ring (bicyclic) bond motifs is 1. The Morgan fingerprint density at radius 1 is 1.03 bits per heavy atom. The summed E-state index contributed by atoms with van der Waals surface area (Å²) in [5.41, 5.74) is 1.76. The highest BCUT2D eigenvalue weighted by atomic mass is 16.5. The Kier molecular flexibility index (Phi) is 6.69. The van der Waals surface area contributed by atoms with E-state index in [1.165, 1.54) is 0 Å². The fourth-order valence-electron chi connectivity index (χ4n) is 3.85. The second-order valence-corrected chi connectivity index (χ2v) is 7.77. The molecule has 1 aromatic heterocycles. The number of nitrogens with one attached hydrogen (secondary N) is 2. The summed E-state index contributed by atoms with van der Waals surface area (Å²) in [6.07, 6.45) is 3.70. The van der Waals surface area contributed by atoms with E-state index in [2.05, 4.69) is 15.6 Å². The molecule has 0 saturated heterocycles. The average Bonchev–Trinajstić information content (AvgIpc) is 3.27. The summed E-state index contributed by atoms with van der Waals surface area (Å²) < 4.78 is 7.18. The summed E-state index contributed by atoms with van der Waals surface area (Å²) in [5, 5.41) is 7.83. The summed E-state index contributed by atoms with van der Waals surface area (Å²) in [6.45, 7) is -0.130. The minimum Gasteiger partial charge on any atom is -0.497 e. The average molecular weight is 443 g/mol. The van der Waals surface area contributed by atoms with Gasteiger partial charge in [-0.2, -0.15) is 0 Å². The molecule has 7 nitrogen and oxygen atoms in total. The highest BCUT2D eigenvalue weighted by Crippen LogP contribution is 2.24. The molecule has 4 aromatic rings. The third-order valence-corrected chi connectivity index (χ3v) is 5.53. The van der Waals surface area contributed by atoms with Crippen molar-refractivity contribution >= 4 is 22.6 Å². The highest BCUT2D eigenvalue weighted by molar-refractivity contribution is 5.91. The lowest BCUT2D eigenvalue weighted by Crippen LogP contribution is -2.40. The molecule has 2 N–H and O–H groups in total. The lowest BCUT2D eigenvalue weighted by atomic mass is 10.0. The van der Waals surface area contributed by atoms with Crippen LogP contribution in [-0.4, -0.2) is 35.0 Å². The van der Waals surface area contributed by atoms with Gasteiger partial charge in [-0.1, -0.05) is 54.6 Å². The Morgan fingerprint density at radius 3 is 2.61 bits per heavy atom. The number of carbonyl (C=O) groups is 2. The Hall–Kier alpha value is -4.13. The lowest BCUT2D eigenvalue weighted by molar-refractivity contribution is -0.126. The van der Waals surface area contributed by atoms with E-state index < -0.39 is 6.04 Å². The highest BCUT2D eigenvalue weighted by Gasteiger charge is 2.21. The SMILES string of the molecule is COc1cccc(C(NC(=O)CNC(=O)Cc2cccc3ccccc23)c2nccn2C)c1. The van der Waals surface area contributed by atoms with Crippen LogP contribution >= 0.6 is 0 Å². The van der Waals surface area contributed by atoms with Crippen LogP contribution in [0.2, 0.25) is 0 Å². The molecule has 0 bridgehead atoms. The Balaban J connectivity index is 1.43. The first-order valence-electron chi connectivity index (χ1n) is 10.7. The third kappa shape index (κ3) is 5.20. The van der Waals surface area contributed by atoms with Gasteiger partial charge in [0.05, 0.1) is 20.1 Å². The molecule has 33 heavy (non-hydrogen) atoms. The first-order valence-corrected chi connectivity index (χ1v) is 10.7. The number of aryl methyl sites for hydroxylation is 1. The first-order chi connectivity index (χ1) is 16.0. The molecule has 0 aliphatic rings. The molecule has 0 aliphatic carbocycles. The summed E-state index contributed by atoms with van der Waals surface area (Å²) in [5.74, 6) is 0.844. The molecule has 0 spiro atoms. The van der Waals surface area contributed by atoms with Crippen LogP contribution in [-0.2, 0) is 23.1 Å². The number of benzene rings is 3. The van der Waals surface area contributed by atoms with Crippen LogP contribution < -0.4 is 15.4 Å². The van der Waals surface area contributed by atoms with Crippen molar-refractivity contribution in [1.29, 1.82) is 0 Å². The van der Waals surface area contributed by atoms with Crippen molar-refractivity contribution < 1.29 is 14.3 Å². The van der Waals surface area contributed by atoms with Gasteiger partial charge in [-0.15, -0.1) is 0 Å². The molecule has 7 heteroatoms. The number of nitrogens with zero attached hydrogens (tertiary/aromatic N) is 2. The van der Waals surface area contributed by atoms with E-state index in [4.69, 9.17) is 4.74 Å². The van der Waals surface area contributed by atoms with Crippen molar-refractivity contribution in [3.63, 3.8) is 0 Å². The van der Waals surface area contributed by atoms with Gasteiger partial charge in [-0.25, -0.2) is 4.98 Å². The Labute approximate surface area is 192 Å². The van der Waals surface area contributed by atoms with Gasteiger partial charge >= 0.3 is 0 Å². The van der Waals surface area contributed by atoms with Crippen LogP contribution in [0.4, 0.5) is 0 Å². The van der Waals surface area contributed by atoms with Gasteiger partial charge in [0, 0.05) is 19.4 Å². The smallest absolute Gasteiger partial charge is 0.240 e. The largest absolute Gasteiger partial charge is 0.497 e. The molecule has 3 aromatic carbocycles. The molecule has 4 rings (SSSR count). The predicted molar refractivity (Wildman–Crippen MR) is 127 cm³/mol. The zero-order chi connectivity index (χ0) is 23.2. The molecular weight excluding hydrogens is 416 g/mol.